The van der Waals surface area contributed by atoms with Gasteiger partial charge >= 0.3 is 0 Å². The molecular weight excluding hydrogens is 373 g/mol. The minimum absolute atomic E-state index is 0.272. The summed E-state index contributed by atoms with van der Waals surface area (Å²) >= 11 is 0. The van der Waals surface area contributed by atoms with Gasteiger partial charge in [-0.1, -0.05) is 29.4 Å². The van der Waals surface area contributed by atoms with Gasteiger partial charge in [0.15, 0.2) is 11.5 Å². The molecule has 6 nitrogen and oxygen atoms in total. The Bertz CT molecular complexity index is 929. The van der Waals surface area contributed by atoms with Gasteiger partial charge in [-0.3, -0.25) is 0 Å². The highest BCUT2D eigenvalue weighted by molar-refractivity contribution is 5.54. The summed E-state index contributed by atoms with van der Waals surface area (Å²) < 4.78 is 30.1. The summed E-state index contributed by atoms with van der Waals surface area (Å²) in [6.45, 7) is 3.95. The minimum atomic E-state index is -0.272. The van der Waals surface area contributed by atoms with Crippen molar-refractivity contribution in [3.05, 3.63) is 59.7 Å². The Morgan fingerprint density at radius 1 is 1.10 bits per heavy atom. The largest absolute Gasteiger partial charge is 0.493 e. The molecule has 7 heteroatoms. The SMILES string of the molecule is COc1ccccc1OCCN(C)CCCc1nc(-c2ccc(C)c(F)c2)no1. The summed E-state index contributed by atoms with van der Waals surface area (Å²) in [7, 11) is 3.67. The van der Waals surface area contributed by atoms with Gasteiger partial charge in [0, 0.05) is 18.5 Å². The summed E-state index contributed by atoms with van der Waals surface area (Å²) in [4.78, 5) is 6.55. The lowest BCUT2D eigenvalue weighted by atomic mass is 10.1. The molecule has 0 unspecified atom stereocenters. The number of likely N-dealkylation sites (N-methyl/N-ethyl adjacent to an activating group) is 1. The molecule has 0 radical (unpaired) electrons. The normalized spacial score (nSPS) is 11.1. The molecule has 0 bridgehead atoms. The molecule has 0 N–H and O–H groups in total. The molecule has 0 saturated heterocycles. The van der Waals surface area contributed by atoms with Crippen molar-refractivity contribution < 1.29 is 18.4 Å². The molecular formula is C22H26FN3O3. The number of methoxy groups -OCH3 is 1. The monoisotopic (exact) mass is 399 g/mol. The first kappa shape index (κ1) is 20.8. The Morgan fingerprint density at radius 2 is 1.90 bits per heavy atom. The van der Waals surface area contributed by atoms with E-state index in [1.165, 1.54) is 6.07 Å². The molecule has 0 spiro atoms. The topological polar surface area (TPSA) is 60.6 Å². The van der Waals surface area contributed by atoms with Crippen molar-refractivity contribution in [3.63, 3.8) is 0 Å². The fourth-order valence-electron chi connectivity index (χ4n) is 2.87. The van der Waals surface area contributed by atoms with Crippen LogP contribution in [0.4, 0.5) is 4.39 Å². The predicted octanol–water partition coefficient (Wildman–Crippen LogP) is 4.14. The number of rotatable bonds is 10. The quantitative estimate of drug-likeness (QED) is 0.511. The van der Waals surface area contributed by atoms with Crippen molar-refractivity contribution >= 4 is 0 Å². The number of ether oxygens (including phenoxy) is 2. The fourth-order valence-corrected chi connectivity index (χ4v) is 2.87. The molecule has 0 atom stereocenters. The van der Waals surface area contributed by atoms with Crippen molar-refractivity contribution in [2.24, 2.45) is 0 Å². The molecule has 0 saturated carbocycles. The summed E-state index contributed by atoms with van der Waals surface area (Å²) in [6, 6.07) is 12.5. The molecule has 0 fully saturated rings. The van der Waals surface area contributed by atoms with Crippen LogP contribution in [0.1, 0.15) is 17.9 Å². The van der Waals surface area contributed by atoms with E-state index in [0.717, 1.165) is 31.0 Å². The van der Waals surface area contributed by atoms with E-state index in [1.54, 1.807) is 26.2 Å². The first-order valence-electron chi connectivity index (χ1n) is 9.60. The van der Waals surface area contributed by atoms with E-state index in [1.807, 2.05) is 31.3 Å². The van der Waals surface area contributed by atoms with Crippen LogP contribution in [-0.2, 0) is 6.42 Å². The third-order valence-electron chi connectivity index (χ3n) is 4.63. The van der Waals surface area contributed by atoms with Crippen LogP contribution in [0.25, 0.3) is 11.4 Å². The van der Waals surface area contributed by atoms with Crippen LogP contribution in [0.15, 0.2) is 47.0 Å². The average Bonchev–Trinajstić information content (AvgIpc) is 3.19. The number of hydrogen-bond donors (Lipinski definition) is 0. The van der Waals surface area contributed by atoms with Crippen LogP contribution in [-0.4, -0.2) is 48.9 Å². The lowest BCUT2D eigenvalue weighted by Gasteiger charge is -2.17. The summed E-state index contributed by atoms with van der Waals surface area (Å²) in [5, 5.41) is 3.96. The standard InChI is InChI=1S/C22H26FN3O3/c1-16-10-11-17(15-18(16)23)22-24-21(29-25-22)9-6-12-26(2)13-14-28-20-8-5-4-7-19(20)27-3/h4-5,7-8,10-11,15H,6,9,12-14H2,1-3H3. The van der Waals surface area contributed by atoms with Crippen LogP contribution in [0.3, 0.4) is 0 Å². The van der Waals surface area contributed by atoms with E-state index in [9.17, 15) is 4.39 Å². The zero-order valence-electron chi connectivity index (χ0n) is 17.0. The molecule has 154 valence electrons. The zero-order chi connectivity index (χ0) is 20.6. The smallest absolute Gasteiger partial charge is 0.227 e. The number of aromatic nitrogens is 2. The third-order valence-corrected chi connectivity index (χ3v) is 4.63. The van der Waals surface area contributed by atoms with Crippen molar-refractivity contribution in [3.8, 4) is 22.9 Å². The number of nitrogens with zero attached hydrogens (tertiary/aromatic N) is 3. The Morgan fingerprint density at radius 3 is 2.66 bits per heavy atom. The first-order chi connectivity index (χ1) is 14.1. The highest BCUT2D eigenvalue weighted by Gasteiger charge is 2.11. The van der Waals surface area contributed by atoms with E-state index < -0.39 is 0 Å². The molecule has 0 aliphatic heterocycles. The van der Waals surface area contributed by atoms with Crippen LogP contribution < -0.4 is 9.47 Å². The van der Waals surface area contributed by atoms with Gasteiger partial charge in [0.05, 0.1) is 7.11 Å². The Hall–Kier alpha value is -2.93. The zero-order valence-corrected chi connectivity index (χ0v) is 17.0. The number of halogens is 1. The highest BCUT2D eigenvalue weighted by Crippen LogP contribution is 2.25. The fraction of sp³-hybridized carbons (Fsp3) is 0.364. The number of para-hydroxylation sites is 2. The van der Waals surface area contributed by atoms with E-state index in [2.05, 4.69) is 15.0 Å². The molecule has 29 heavy (non-hydrogen) atoms. The second kappa shape index (κ2) is 10.0. The van der Waals surface area contributed by atoms with E-state index in [0.29, 0.717) is 35.9 Å². The van der Waals surface area contributed by atoms with Crippen LogP contribution >= 0.6 is 0 Å². The predicted molar refractivity (Wildman–Crippen MR) is 109 cm³/mol. The molecule has 1 heterocycles. The van der Waals surface area contributed by atoms with Crippen molar-refractivity contribution in [1.82, 2.24) is 15.0 Å². The van der Waals surface area contributed by atoms with Crippen LogP contribution in [0, 0.1) is 12.7 Å². The maximum atomic E-state index is 13.7. The van der Waals surface area contributed by atoms with E-state index in [-0.39, 0.29) is 5.82 Å². The first-order valence-corrected chi connectivity index (χ1v) is 9.60. The van der Waals surface area contributed by atoms with Gasteiger partial charge in [0.1, 0.15) is 12.4 Å². The molecule has 0 amide bonds. The number of hydrogen-bond acceptors (Lipinski definition) is 6. The van der Waals surface area contributed by atoms with E-state index in [4.69, 9.17) is 14.0 Å². The highest BCUT2D eigenvalue weighted by atomic mass is 19.1. The van der Waals surface area contributed by atoms with Crippen molar-refractivity contribution in [1.29, 1.82) is 0 Å². The van der Waals surface area contributed by atoms with Gasteiger partial charge in [-0.15, -0.1) is 0 Å². The lowest BCUT2D eigenvalue weighted by Crippen LogP contribution is -2.25. The second-order valence-corrected chi connectivity index (χ2v) is 6.88. The second-order valence-electron chi connectivity index (χ2n) is 6.88. The average molecular weight is 399 g/mol. The van der Waals surface area contributed by atoms with Gasteiger partial charge < -0.3 is 18.9 Å². The van der Waals surface area contributed by atoms with Gasteiger partial charge in [-0.05, 0) is 50.7 Å². The molecule has 1 aromatic heterocycles. The lowest BCUT2D eigenvalue weighted by molar-refractivity contribution is 0.227. The van der Waals surface area contributed by atoms with Crippen molar-refractivity contribution in [2.75, 3.05) is 33.9 Å². The third kappa shape index (κ3) is 5.77. The summed E-state index contributed by atoms with van der Waals surface area (Å²) in [5.74, 6) is 2.17. The molecule has 2 aromatic carbocycles. The van der Waals surface area contributed by atoms with Crippen molar-refractivity contribution in [2.45, 2.75) is 19.8 Å². The van der Waals surface area contributed by atoms with E-state index >= 15 is 0 Å². The maximum Gasteiger partial charge on any atom is 0.227 e. The molecule has 3 aromatic rings. The number of benzene rings is 2. The minimum Gasteiger partial charge on any atom is -0.493 e. The van der Waals surface area contributed by atoms with Crippen LogP contribution in [0.5, 0.6) is 11.5 Å². The van der Waals surface area contributed by atoms with Crippen LogP contribution in [0.2, 0.25) is 0 Å². The summed E-state index contributed by atoms with van der Waals surface area (Å²) in [6.07, 6.45) is 1.54. The van der Waals surface area contributed by atoms with Gasteiger partial charge in [0.25, 0.3) is 0 Å². The number of aryl methyl sites for hydroxylation is 2. The maximum absolute atomic E-state index is 13.7. The van der Waals surface area contributed by atoms with Gasteiger partial charge in [0.2, 0.25) is 11.7 Å². The van der Waals surface area contributed by atoms with Gasteiger partial charge in [-0.2, -0.15) is 4.98 Å². The molecule has 0 aliphatic carbocycles. The Kier molecular flexibility index (Phi) is 7.19. The molecule has 3 rings (SSSR count). The summed E-state index contributed by atoms with van der Waals surface area (Å²) in [5.41, 5.74) is 1.21. The van der Waals surface area contributed by atoms with Gasteiger partial charge in [-0.25, -0.2) is 4.39 Å². The molecule has 0 aliphatic rings. The Labute approximate surface area is 170 Å². The Balaban J connectivity index is 1.41.